The summed E-state index contributed by atoms with van der Waals surface area (Å²) in [5.41, 5.74) is -0.791. The van der Waals surface area contributed by atoms with Crippen molar-refractivity contribution in [1.29, 1.82) is 0 Å². The van der Waals surface area contributed by atoms with E-state index in [4.69, 9.17) is 4.74 Å². The summed E-state index contributed by atoms with van der Waals surface area (Å²) in [5.74, 6) is 0. The van der Waals surface area contributed by atoms with Crippen LogP contribution < -0.4 is 16.6 Å². The Morgan fingerprint density at radius 1 is 1.44 bits per heavy atom. The Kier molecular flexibility index (Phi) is 6.92. The zero-order valence-corrected chi connectivity index (χ0v) is 12.0. The van der Waals surface area contributed by atoms with E-state index in [-0.39, 0.29) is 5.69 Å². The molecule has 0 saturated heterocycles. The monoisotopic (exact) mass is 319 g/mol. The minimum absolute atomic E-state index is 0.360. The van der Waals surface area contributed by atoms with Gasteiger partial charge < -0.3 is 10.1 Å². The predicted molar refractivity (Wildman–Crippen MR) is 73.0 cm³/mol. The average Bonchev–Trinajstić information content (AvgIpc) is 2.34. The molecule has 0 bridgehead atoms. The molecule has 0 atom stereocenters. The van der Waals surface area contributed by atoms with Gasteiger partial charge in [-0.1, -0.05) is 0 Å². The van der Waals surface area contributed by atoms with Gasteiger partial charge in [-0.2, -0.15) is 0 Å². The van der Waals surface area contributed by atoms with Gasteiger partial charge in [-0.15, -0.1) is 0 Å². The molecule has 102 valence electrons. The van der Waals surface area contributed by atoms with Gasteiger partial charge in [-0.05, 0) is 35.8 Å². The van der Waals surface area contributed by atoms with Crippen molar-refractivity contribution in [3.63, 3.8) is 0 Å². The minimum Gasteiger partial charge on any atom is -0.382 e. The Bertz CT molecular complexity index is 469. The van der Waals surface area contributed by atoms with Gasteiger partial charge in [-0.25, -0.2) is 4.79 Å². The van der Waals surface area contributed by atoms with Gasteiger partial charge in [0.1, 0.15) is 0 Å². The fourth-order valence-electron chi connectivity index (χ4n) is 1.42. The number of aromatic amines is 1. The quantitative estimate of drug-likeness (QED) is 0.676. The Balaban J connectivity index is 2.30. The molecule has 0 aliphatic rings. The van der Waals surface area contributed by atoms with Crippen LogP contribution in [-0.4, -0.2) is 35.9 Å². The van der Waals surface area contributed by atoms with Crippen molar-refractivity contribution in [2.24, 2.45) is 0 Å². The van der Waals surface area contributed by atoms with Gasteiger partial charge >= 0.3 is 5.69 Å². The third-order valence-electron chi connectivity index (χ3n) is 2.34. The molecule has 1 aromatic rings. The van der Waals surface area contributed by atoms with Gasteiger partial charge in [-0.3, -0.25) is 14.3 Å². The van der Waals surface area contributed by atoms with Crippen LogP contribution in [-0.2, 0) is 11.3 Å². The topological polar surface area (TPSA) is 76.1 Å². The number of aromatic nitrogens is 2. The number of nitrogens with zero attached hydrogens (tertiary/aromatic N) is 1. The van der Waals surface area contributed by atoms with Crippen molar-refractivity contribution in [3.8, 4) is 0 Å². The molecular weight excluding hydrogens is 302 g/mol. The number of hydrogen-bond acceptors (Lipinski definition) is 4. The fourth-order valence-corrected chi connectivity index (χ4v) is 1.76. The maximum absolute atomic E-state index is 11.4. The zero-order valence-electron chi connectivity index (χ0n) is 10.4. The van der Waals surface area contributed by atoms with E-state index < -0.39 is 5.56 Å². The van der Waals surface area contributed by atoms with Gasteiger partial charge in [0.15, 0.2) is 0 Å². The second-order valence-corrected chi connectivity index (χ2v) is 4.58. The van der Waals surface area contributed by atoms with Crippen LogP contribution in [0.2, 0.25) is 0 Å². The van der Waals surface area contributed by atoms with Crippen molar-refractivity contribution >= 4 is 15.9 Å². The molecule has 0 unspecified atom stereocenters. The first-order chi connectivity index (χ1) is 8.65. The lowest BCUT2D eigenvalue weighted by atomic mass is 10.4. The molecule has 0 fully saturated rings. The van der Waals surface area contributed by atoms with Crippen molar-refractivity contribution in [3.05, 3.63) is 31.5 Å². The third kappa shape index (κ3) is 5.16. The molecule has 7 heteroatoms. The number of hydrogen-bond donors (Lipinski definition) is 2. The Labute approximate surface area is 113 Å². The summed E-state index contributed by atoms with van der Waals surface area (Å²) in [6, 6.07) is 0. The number of rotatable bonds is 8. The van der Waals surface area contributed by atoms with E-state index in [1.54, 1.807) is 0 Å². The lowest BCUT2D eigenvalue weighted by Gasteiger charge is -2.07. The summed E-state index contributed by atoms with van der Waals surface area (Å²) < 4.78 is 7.02. The van der Waals surface area contributed by atoms with E-state index in [2.05, 4.69) is 26.2 Å². The second kappa shape index (κ2) is 8.23. The first-order valence-electron chi connectivity index (χ1n) is 5.93. The van der Waals surface area contributed by atoms with Gasteiger partial charge in [0.25, 0.3) is 5.56 Å². The highest BCUT2D eigenvalue weighted by molar-refractivity contribution is 9.10. The molecule has 0 saturated carbocycles. The second-order valence-electron chi connectivity index (χ2n) is 3.73. The van der Waals surface area contributed by atoms with Crippen LogP contribution in [0.1, 0.15) is 13.3 Å². The summed E-state index contributed by atoms with van der Waals surface area (Å²) >= 11 is 3.09. The zero-order chi connectivity index (χ0) is 13.4. The maximum atomic E-state index is 11.4. The van der Waals surface area contributed by atoms with E-state index >= 15 is 0 Å². The Morgan fingerprint density at radius 2 is 2.22 bits per heavy atom. The molecule has 0 aromatic carbocycles. The molecule has 0 spiro atoms. The van der Waals surface area contributed by atoms with Crippen LogP contribution >= 0.6 is 15.9 Å². The lowest BCUT2D eigenvalue weighted by molar-refractivity contribution is 0.145. The first-order valence-corrected chi connectivity index (χ1v) is 6.72. The molecule has 18 heavy (non-hydrogen) atoms. The minimum atomic E-state index is -0.402. The van der Waals surface area contributed by atoms with Crippen molar-refractivity contribution in [2.45, 2.75) is 19.9 Å². The van der Waals surface area contributed by atoms with E-state index in [9.17, 15) is 9.59 Å². The van der Waals surface area contributed by atoms with Crippen LogP contribution in [0.5, 0.6) is 0 Å². The molecule has 0 radical (unpaired) electrons. The lowest BCUT2D eigenvalue weighted by Crippen LogP contribution is -2.33. The molecule has 6 nitrogen and oxygen atoms in total. The largest absolute Gasteiger partial charge is 0.382 e. The molecule has 1 heterocycles. The summed E-state index contributed by atoms with van der Waals surface area (Å²) in [6.07, 6.45) is 2.45. The Morgan fingerprint density at radius 3 is 2.94 bits per heavy atom. The molecule has 2 N–H and O–H groups in total. The van der Waals surface area contributed by atoms with Gasteiger partial charge in [0.05, 0.1) is 4.47 Å². The predicted octanol–water partition coefficient (Wildman–Crippen LogP) is 0.315. The van der Waals surface area contributed by atoms with Gasteiger partial charge in [0, 0.05) is 32.5 Å². The number of halogens is 1. The highest BCUT2D eigenvalue weighted by Gasteiger charge is 2.01. The highest BCUT2D eigenvalue weighted by atomic mass is 79.9. The van der Waals surface area contributed by atoms with Crippen LogP contribution in [0.4, 0.5) is 0 Å². The van der Waals surface area contributed by atoms with Gasteiger partial charge in [0.2, 0.25) is 0 Å². The van der Waals surface area contributed by atoms with E-state index in [1.807, 2.05) is 6.92 Å². The SMILES string of the molecule is CCOCCCNCCn1cc(Br)c(=O)[nH]c1=O. The third-order valence-corrected chi connectivity index (χ3v) is 2.91. The Hall–Kier alpha value is -0.920. The summed E-state index contributed by atoms with van der Waals surface area (Å²) in [7, 11) is 0. The van der Waals surface area contributed by atoms with Crippen molar-refractivity contribution in [1.82, 2.24) is 14.9 Å². The van der Waals surface area contributed by atoms with Crippen LogP contribution in [0.25, 0.3) is 0 Å². The van der Waals surface area contributed by atoms with E-state index in [0.29, 0.717) is 17.6 Å². The smallest absolute Gasteiger partial charge is 0.328 e. The molecule has 0 aliphatic carbocycles. The first kappa shape index (κ1) is 15.1. The average molecular weight is 320 g/mol. The molecule has 1 rings (SSSR count). The molecule has 1 aromatic heterocycles. The summed E-state index contributed by atoms with van der Waals surface area (Å²) in [6.45, 7) is 5.48. The van der Waals surface area contributed by atoms with Crippen LogP contribution in [0.3, 0.4) is 0 Å². The molecule has 0 amide bonds. The number of ether oxygens (including phenoxy) is 1. The number of H-pyrrole nitrogens is 1. The highest BCUT2D eigenvalue weighted by Crippen LogP contribution is 1.97. The fraction of sp³-hybridized carbons (Fsp3) is 0.636. The van der Waals surface area contributed by atoms with E-state index in [0.717, 1.165) is 26.2 Å². The van der Waals surface area contributed by atoms with Crippen LogP contribution in [0.15, 0.2) is 20.3 Å². The summed E-state index contributed by atoms with van der Waals surface area (Å²) in [5, 5.41) is 3.21. The molecular formula is C11H18BrN3O3. The number of nitrogens with one attached hydrogen (secondary N) is 2. The summed E-state index contributed by atoms with van der Waals surface area (Å²) in [4.78, 5) is 24.8. The molecule has 0 aliphatic heterocycles. The normalized spacial score (nSPS) is 10.8. The van der Waals surface area contributed by atoms with E-state index in [1.165, 1.54) is 10.8 Å². The maximum Gasteiger partial charge on any atom is 0.328 e. The standard InChI is InChI=1S/C11H18BrN3O3/c1-2-18-7-3-4-13-5-6-15-8-9(12)10(16)14-11(15)17/h8,13H,2-7H2,1H3,(H,14,16,17). The van der Waals surface area contributed by atoms with Crippen LogP contribution in [0, 0.1) is 0 Å². The van der Waals surface area contributed by atoms with Crippen molar-refractivity contribution in [2.75, 3.05) is 26.3 Å². The van der Waals surface area contributed by atoms with Crippen molar-refractivity contribution < 1.29 is 4.74 Å².